The number of hydrogen-bond acceptors (Lipinski definition) is 4. The number of hydrogen-bond donors (Lipinski definition) is 2. The fourth-order valence-electron chi connectivity index (χ4n) is 2.69. The van der Waals surface area contributed by atoms with Crippen LogP contribution in [0, 0.1) is 5.92 Å². The molecule has 24 heavy (non-hydrogen) atoms. The van der Waals surface area contributed by atoms with Crippen molar-refractivity contribution < 1.29 is 4.79 Å². The highest BCUT2D eigenvalue weighted by atomic mass is 16.2. The second-order valence-electron chi connectivity index (χ2n) is 7.42. The summed E-state index contributed by atoms with van der Waals surface area (Å²) in [7, 11) is 1.91. The van der Waals surface area contributed by atoms with Crippen LogP contribution in [0.1, 0.15) is 61.7 Å². The van der Waals surface area contributed by atoms with Gasteiger partial charge in [0.1, 0.15) is 11.5 Å². The quantitative estimate of drug-likeness (QED) is 0.892. The van der Waals surface area contributed by atoms with Crippen molar-refractivity contribution in [1.82, 2.24) is 24.8 Å². The Morgan fingerprint density at radius 2 is 2.12 bits per heavy atom. The van der Waals surface area contributed by atoms with E-state index < -0.39 is 5.69 Å². The summed E-state index contributed by atoms with van der Waals surface area (Å²) >= 11 is 0. The number of aromatic nitrogens is 4. The van der Waals surface area contributed by atoms with Crippen molar-refractivity contribution in [2.24, 2.45) is 13.0 Å². The molecule has 2 aromatic rings. The first-order chi connectivity index (χ1) is 11.3. The average molecular weight is 329 g/mol. The molecule has 7 nitrogen and oxygen atoms in total. The molecule has 0 bridgehead atoms. The second kappa shape index (κ2) is 5.89. The maximum absolute atomic E-state index is 12.7. The van der Waals surface area contributed by atoms with Crippen molar-refractivity contribution >= 4 is 5.91 Å². The molecule has 1 fully saturated rings. The molecule has 0 radical (unpaired) electrons. The molecule has 0 saturated heterocycles. The van der Waals surface area contributed by atoms with Crippen molar-refractivity contribution in [3.05, 3.63) is 46.2 Å². The number of aryl methyl sites for hydroxylation is 1. The van der Waals surface area contributed by atoms with Crippen LogP contribution >= 0.6 is 0 Å². The minimum absolute atomic E-state index is 0.142. The van der Waals surface area contributed by atoms with E-state index in [9.17, 15) is 9.59 Å². The van der Waals surface area contributed by atoms with Gasteiger partial charge < -0.3 is 14.9 Å². The first kappa shape index (κ1) is 16.4. The maximum Gasteiger partial charge on any atom is 0.345 e. The molecule has 0 unspecified atom stereocenters. The maximum atomic E-state index is 12.7. The molecule has 2 heterocycles. The van der Waals surface area contributed by atoms with Gasteiger partial charge in [0, 0.05) is 30.6 Å². The standard InChI is InChI=1S/C17H23N5O2/c1-17(2,3)12-9-11(19-16(24)20-12)15(23)21-13(10-5-6-10)14-18-7-8-22(14)4/h7-10,13H,5-6H2,1-4H3,(H,21,23)(H,19,20,24)/t13-/m0/s1. The molecular formula is C17H23N5O2. The van der Waals surface area contributed by atoms with Crippen LogP contribution in [0.3, 0.4) is 0 Å². The first-order valence-electron chi connectivity index (χ1n) is 8.15. The number of rotatable bonds is 4. The highest BCUT2D eigenvalue weighted by Gasteiger charge is 2.36. The average Bonchev–Trinajstić information content (AvgIpc) is 3.25. The smallest absolute Gasteiger partial charge is 0.340 e. The van der Waals surface area contributed by atoms with Gasteiger partial charge >= 0.3 is 5.69 Å². The van der Waals surface area contributed by atoms with E-state index in [4.69, 9.17) is 0 Å². The van der Waals surface area contributed by atoms with Gasteiger partial charge in [-0.05, 0) is 24.8 Å². The Morgan fingerprint density at radius 3 is 2.67 bits per heavy atom. The van der Waals surface area contributed by atoms with Gasteiger partial charge in [-0.1, -0.05) is 20.8 Å². The highest BCUT2D eigenvalue weighted by molar-refractivity contribution is 5.92. The number of nitrogens with zero attached hydrogens (tertiary/aromatic N) is 3. The summed E-state index contributed by atoms with van der Waals surface area (Å²) in [6.07, 6.45) is 5.71. The molecule has 1 amide bonds. The van der Waals surface area contributed by atoms with Gasteiger partial charge in [-0.15, -0.1) is 0 Å². The van der Waals surface area contributed by atoms with Crippen molar-refractivity contribution in [3.63, 3.8) is 0 Å². The summed E-state index contributed by atoms with van der Waals surface area (Å²) in [6.45, 7) is 5.92. The predicted octanol–water partition coefficient (Wildman–Crippen LogP) is 1.68. The minimum atomic E-state index is -0.507. The van der Waals surface area contributed by atoms with Crippen LogP contribution in [0.25, 0.3) is 0 Å². The predicted molar refractivity (Wildman–Crippen MR) is 89.7 cm³/mol. The van der Waals surface area contributed by atoms with E-state index in [2.05, 4.69) is 20.3 Å². The fraction of sp³-hybridized carbons (Fsp3) is 0.529. The van der Waals surface area contributed by atoms with E-state index in [-0.39, 0.29) is 23.1 Å². The van der Waals surface area contributed by atoms with E-state index in [0.717, 1.165) is 18.7 Å². The molecule has 1 saturated carbocycles. The number of nitrogens with one attached hydrogen (secondary N) is 2. The van der Waals surface area contributed by atoms with E-state index in [1.54, 1.807) is 12.3 Å². The van der Waals surface area contributed by atoms with Crippen molar-refractivity contribution in [2.45, 2.75) is 45.1 Å². The monoisotopic (exact) mass is 329 g/mol. The van der Waals surface area contributed by atoms with Crippen LogP contribution in [-0.2, 0) is 12.5 Å². The molecule has 7 heteroatoms. The molecule has 1 aliphatic rings. The van der Waals surface area contributed by atoms with E-state index >= 15 is 0 Å². The zero-order chi connectivity index (χ0) is 17.5. The third-order valence-electron chi connectivity index (χ3n) is 4.30. The van der Waals surface area contributed by atoms with Crippen molar-refractivity contribution in [2.75, 3.05) is 0 Å². The van der Waals surface area contributed by atoms with Gasteiger partial charge in [-0.2, -0.15) is 4.98 Å². The summed E-state index contributed by atoms with van der Waals surface area (Å²) in [6, 6.07) is 1.50. The van der Waals surface area contributed by atoms with Gasteiger partial charge in [0.15, 0.2) is 0 Å². The third kappa shape index (κ3) is 3.39. The molecule has 1 aliphatic carbocycles. The van der Waals surface area contributed by atoms with Crippen molar-refractivity contribution in [1.29, 1.82) is 0 Å². The number of carbonyl (C=O) groups is 1. The lowest BCUT2D eigenvalue weighted by molar-refractivity contribution is 0.0923. The zero-order valence-electron chi connectivity index (χ0n) is 14.5. The Hall–Kier alpha value is -2.44. The lowest BCUT2D eigenvalue weighted by Crippen LogP contribution is -2.34. The Kier molecular flexibility index (Phi) is 4.03. The lowest BCUT2D eigenvalue weighted by Gasteiger charge is -2.20. The van der Waals surface area contributed by atoms with E-state index in [0.29, 0.717) is 11.6 Å². The van der Waals surface area contributed by atoms with E-state index in [1.165, 1.54) is 0 Å². The Labute approximate surface area is 140 Å². The SMILES string of the molecule is Cn1ccnc1[C@@H](NC(=O)c1cc(C(C)(C)C)[nH]c(=O)n1)C1CC1. The van der Waals surface area contributed by atoms with Crippen LogP contribution in [0.4, 0.5) is 0 Å². The fourth-order valence-corrected chi connectivity index (χ4v) is 2.69. The number of carbonyl (C=O) groups excluding carboxylic acids is 1. The molecule has 3 rings (SSSR count). The summed E-state index contributed by atoms with van der Waals surface area (Å²) in [4.78, 5) is 35.4. The lowest BCUT2D eigenvalue weighted by atomic mass is 9.91. The summed E-state index contributed by atoms with van der Waals surface area (Å²) in [5.41, 5.74) is 0.0517. The van der Waals surface area contributed by atoms with Gasteiger partial charge in [0.25, 0.3) is 5.91 Å². The summed E-state index contributed by atoms with van der Waals surface area (Å²) < 4.78 is 1.91. The van der Waals surface area contributed by atoms with Gasteiger partial charge in [-0.3, -0.25) is 4.79 Å². The molecule has 1 atom stereocenters. The molecule has 0 aliphatic heterocycles. The van der Waals surface area contributed by atoms with Gasteiger partial charge in [0.05, 0.1) is 6.04 Å². The van der Waals surface area contributed by atoms with Crippen molar-refractivity contribution in [3.8, 4) is 0 Å². The Morgan fingerprint density at radius 1 is 1.42 bits per heavy atom. The Bertz CT molecular complexity index is 811. The molecule has 0 aromatic carbocycles. The molecule has 2 N–H and O–H groups in total. The largest absolute Gasteiger partial charge is 0.345 e. The van der Waals surface area contributed by atoms with Crippen LogP contribution < -0.4 is 11.0 Å². The normalized spacial score (nSPS) is 16.0. The topological polar surface area (TPSA) is 92.7 Å². The number of amides is 1. The van der Waals surface area contributed by atoms with Crippen LogP contribution in [0.15, 0.2) is 23.3 Å². The molecule has 2 aromatic heterocycles. The first-order valence-corrected chi connectivity index (χ1v) is 8.15. The second-order valence-corrected chi connectivity index (χ2v) is 7.42. The van der Waals surface area contributed by atoms with Gasteiger partial charge in [-0.25, -0.2) is 9.78 Å². The van der Waals surface area contributed by atoms with Crippen LogP contribution in [-0.4, -0.2) is 25.4 Å². The summed E-state index contributed by atoms with van der Waals surface area (Å²) in [5.74, 6) is 0.873. The van der Waals surface area contributed by atoms with Crippen LogP contribution in [0.2, 0.25) is 0 Å². The molecule has 128 valence electrons. The van der Waals surface area contributed by atoms with Crippen LogP contribution in [0.5, 0.6) is 0 Å². The van der Waals surface area contributed by atoms with Gasteiger partial charge in [0.2, 0.25) is 0 Å². The highest BCUT2D eigenvalue weighted by Crippen LogP contribution is 2.40. The Balaban J connectivity index is 1.88. The summed E-state index contributed by atoms with van der Waals surface area (Å²) in [5, 5.41) is 3.01. The number of aromatic amines is 1. The molecule has 0 spiro atoms. The number of imidazole rings is 1. The molecular weight excluding hydrogens is 306 g/mol. The van der Waals surface area contributed by atoms with E-state index in [1.807, 2.05) is 38.6 Å². The zero-order valence-corrected chi connectivity index (χ0v) is 14.5. The number of H-pyrrole nitrogens is 1. The minimum Gasteiger partial charge on any atom is -0.340 e. The third-order valence-corrected chi connectivity index (χ3v) is 4.30.